The third-order valence-corrected chi connectivity index (χ3v) is 4.86. The molecule has 1 amide bonds. The van der Waals surface area contributed by atoms with Crippen molar-refractivity contribution in [3.05, 3.63) is 77.1 Å². The maximum Gasteiger partial charge on any atom is 0.301 e. The van der Waals surface area contributed by atoms with Crippen molar-refractivity contribution in [3.63, 3.8) is 0 Å². The van der Waals surface area contributed by atoms with Gasteiger partial charge in [-0.1, -0.05) is 17.3 Å². The number of hydrogen-bond acceptors (Lipinski definition) is 7. The van der Waals surface area contributed by atoms with E-state index in [-0.39, 0.29) is 22.9 Å². The third kappa shape index (κ3) is 3.18. The summed E-state index contributed by atoms with van der Waals surface area (Å²) >= 11 is 0. The van der Waals surface area contributed by atoms with Crippen LogP contribution in [0.2, 0.25) is 0 Å². The Morgan fingerprint density at radius 2 is 1.87 bits per heavy atom. The number of rotatable bonds is 4. The van der Waals surface area contributed by atoms with Crippen LogP contribution in [0, 0.1) is 6.92 Å². The number of nitrogens with zero attached hydrogens (tertiary/aromatic N) is 2. The van der Waals surface area contributed by atoms with E-state index in [4.69, 9.17) is 9.26 Å². The molecule has 1 aliphatic heterocycles. The Kier molecular flexibility index (Phi) is 4.75. The number of aromatic hydroxyl groups is 1. The van der Waals surface area contributed by atoms with Gasteiger partial charge in [-0.3, -0.25) is 14.5 Å². The van der Waals surface area contributed by atoms with Gasteiger partial charge in [0, 0.05) is 11.6 Å². The first-order valence-corrected chi connectivity index (χ1v) is 9.08. The van der Waals surface area contributed by atoms with Crippen molar-refractivity contribution in [2.45, 2.75) is 13.0 Å². The number of amides is 1. The minimum absolute atomic E-state index is 0.0427. The zero-order chi connectivity index (χ0) is 21.4. The Labute approximate surface area is 171 Å². The summed E-state index contributed by atoms with van der Waals surface area (Å²) in [5.74, 6) is -0.932. The molecule has 0 radical (unpaired) electrons. The zero-order valence-electron chi connectivity index (χ0n) is 16.2. The molecule has 2 N–H and O–H groups in total. The van der Waals surface area contributed by atoms with Crippen LogP contribution in [0.4, 0.5) is 5.82 Å². The van der Waals surface area contributed by atoms with E-state index in [9.17, 15) is 19.8 Å². The van der Waals surface area contributed by atoms with Gasteiger partial charge in [0.25, 0.3) is 5.78 Å². The van der Waals surface area contributed by atoms with Crippen molar-refractivity contribution in [1.29, 1.82) is 0 Å². The second-order valence-corrected chi connectivity index (χ2v) is 6.79. The number of aliphatic hydroxyl groups is 1. The minimum atomic E-state index is -0.997. The molecule has 0 spiro atoms. The van der Waals surface area contributed by atoms with E-state index >= 15 is 0 Å². The maximum absolute atomic E-state index is 12.9. The van der Waals surface area contributed by atoms with Crippen LogP contribution in [-0.4, -0.2) is 34.2 Å². The van der Waals surface area contributed by atoms with Crippen LogP contribution in [0.25, 0.3) is 5.76 Å². The molecule has 1 aliphatic rings. The van der Waals surface area contributed by atoms with Gasteiger partial charge in [-0.05, 0) is 48.9 Å². The summed E-state index contributed by atoms with van der Waals surface area (Å²) in [5, 5.41) is 24.8. The lowest BCUT2D eigenvalue weighted by Crippen LogP contribution is -2.29. The second-order valence-electron chi connectivity index (χ2n) is 6.79. The van der Waals surface area contributed by atoms with E-state index in [1.165, 1.54) is 25.3 Å². The summed E-state index contributed by atoms with van der Waals surface area (Å²) in [4.78, 5) is 27.0. The van der Waals surface area contributed by atoms with Gasteiger partial charge >= 0.3 is 5.91 Å². The number of carbonyl (C=O) groups is 2. The molecule has 152 valence electrons. The molecule has 2 heterocycles. The molecule has 30 heavy (non-hydrogen) atoms. The zero-order valence-corrected chi connectivity index (χ0v) is 16.2. The van der Waals surface area contributed by atoms with E-state index in [0.717, 1.165) is 4.90 Å². The number of aromatic nitrogens is 1. The highest BCUT2D eigenvalue weighted by Gasteiger charge is 2.48. The molecule has 0 saturated carbocycles. The molecule has 1 saturated heterocycles. The highest BCUT2D eigenvalue weighted by Crippen LogP contribution is 2.42. The van der Waals surface area contributed by atoms with Gasteiger partial charge in [0.2, 0.25) is 0 Å². The lowest BCUT2D eigenvalue weighted by molar-refractivity contribution is -0.132. The second kappa shape index (κ2) is 7.40. The number of ketones is 1. The highest BCUT2D eigenvalue weighted by atomic mass is 16.5. The van der Waals surface area contributed by atoms with Crippen molar-refractivity contribution in [2.24, 2.45) is 0 Å². The molecule has 0 bridgehead atoms. The number of aryl methyl sites for hydroxylation is 1. The van der Waals surface area contributed by atoms with Gasteiger partial charge in [0.1, 0.15) is 23.0 Å². The quantitative estimate of drug-likeness (QED) is 0.388. The molecule has 0 aliphatic carbocycles. The number of hydrogen-bond donors (Lipinski definition) is 2. The smallest absolute Gasteiger partial charge is 0.301 e. The summed E-state index contributed by atoms with van der Waals surface area (Å²) in [5.41, 5.74) is 0.664. The summed E-state index contributed by atoms with van der Waals surface area (Å²) in [6.07, 6.45) is 0. The fourth-order valence-electron chi connectivity index (χ4n) is 3.45. The molecule has 3 aromatic rings. The van der Waals surface area contributed by atoms with E-state index in [1.807, 2.05) is 0 Å². The molecular formula is C22H18N2O6. The van der Waals surface area contributed by atoms with E-state index in [2.05, 4.69) is 5.16 Å². The molecule has 2 aromatic carbocycles. The van der Waals surface area contributed by atoms with Crippen molar-refractivity contribution >= 4 is 23.3 Å². The first kappa shape index (κ1) is 19.3. The number of phenolic OH excluding ortho intramolecular Hbond substituents is 1. The van der Waals surface area contributed by atoms with E-state index in [0.29, 0.717) is 22.6 Å². The fourth-order valence-corrected chi connectivity index (χ4v) is 3.45. The summed E-state index contributed by atoms with van der Waals surface area (Å²) in [6, 6.07) is 13.1. The maximum atomic E-state index is 12.9. The summed E-state index contributed by atoms with van der Waals surface area (Å²) in [6.45, 7) is 1.66. The number of methoxy groups -OCH3 is 1. The Morgan fingerprint density at radius 3 is 2.47 bits per heavy atom. The lowest BCUT2D eigenvalue weighted by atomic mass is 9.95. The molecule has 1 unspecified atom stereocenters. The minimum Gasteiger partial charge on any atom is -0.508 e. The highest BCUT2D eigenvalue weighted by molar-refractivity contribution is 6.51. The number of carbonyl (C=O) groups excluding carboxylic acids is 2. The Bertz CT molecular complexity index is 1160. The predicted molar refractivity (Wildman–Crippen MR) is 107 cm³/mol. The molecule has 4 rings (SSSR count). The third-order valence-electron chi connectivity index (χ3n) is 4.86. The number of anilines is 1. The Balaban J connectivity index is 1.92. The van der Waals surface area contributed by atoms with E-state index < -0.39 is 17.7 Å². The number of aliphatic hydroxyl groups excluding tert-OH is 1. The van der Waals surface area contributed by atoms with E-state index in [1.54, 1.807) is 43.3 Å². The Morgan fingerprint density at radius 1 is 1.13 bits per heavy atom. The van der Waals surface area contributed by atoms with Crippen LogP contribution < -0.4 is 9.64 Å². The molecular weight excluding hydrogens is 388 g/mol. The van der Waals surface area contributed by atoms with Crippen LogP contribution in [0.3, 0.4) is 0 Å². The average Bonchev–Trinajstić information content (AvgIpc) is 3.28. The molecule has 1 aromatic heterocycles. The SMILES string of the molecule is COc1ccc(C(O)=C2C(=O)C(=O)N(c3cc(C)on3)C2c2cccc(O)c2)cc1. The van der Waals surface area contributed by atoms with Gasteiger partial charge in [-0.15, -0.1) is 0 Å². The van der Waals surface area contributed by atoms with Crippen molar-refractivity contribution in [2.75, 3.05) is 12.0 Å². The van der Waals surface area contributed by atoms with Crippen LogP contribution in [-0.2, 0) is 9.59 Å². The number of ether oxygens (including phenoxy) is 1. The van der Waals surface area contributed by atoms with Gasteiger partial charge in [0.05, 0.1) is 18.7 Å². The number of phenols is 1. The molecule has 1 atom stereocenters. The summed E-state index contributed by atoms with van der Waals surface area (Å²) < 4.78 is 10.2. The standard InChI is InChI=1S/C22H18N2O6/c1-12-10-17(23-30-12)24-19(14-4-3-5-15(25)11-14)18(21(27)22(24)28)20(26)13-6-8-16(29-2)9-7-13/h3-11,19,25-26H,1-2H3. The first-order valence-electron chi connectivity index (χ1n) is 9.08. The molecule has 8 nitrogen and oxygen atoms in total. The van der Waals surface area contributed by atoms with Crippen LogP contribution in [0.15, 0.2) is 64.7 Å². The fraction of sp³-hybridized carbons (Fsp3) is 0.136. The van der Waals surface area contributed by atoms with Crippen molar-refractivity contribution < 1.29 is 29.1 Å². The number of benzene rings is 2. The Hall–Kier alpha value is -4.07. The van der Waals surface area contributed by atoms with Crippen LogP contribution >= 0.6 is 0 Å². The monoisotopic (exact) mass is 406 g/mol. The van der Waals surface area contributed by atoms with Gasteiger partial charge < -0.3 is 19.5 Å². The van der Waals surface area contributed by atoms with Gasteiger partial charge in [-0.25, -0.2) is 0 Å². The summed E-state index contributed by atoms with van der Waals surface area (Å²) in [7, 11) is 1.52. The average molecular weight is 406 g/mol. The number of Topliss-reactive ketones (excluding diaryl/α,β-unsaturated/α-hetero) is 1. The largest absolute Gasteiger partial charge is 0.508 e. The normalized spacial score (nSPS) is 18.1. The molecule has 1 fully saturated rings. The van der Waals surface area contributed by atoms with Gasteiger partial charge in [-0.2, -0.15) is 0 Å². The van der Waals surface area contributed by atoms with Gasteiger partial charge in [0.15, 0.2) is 5.82 Å². The predicted octanol–water partition coefficient (Wildman–Crippen LogP) is 3.32. The molecule has 8 heteroatoms. The lowest BCUT2D eigenvalue weighted by Gasteiger charge is -2.23. The van der Waals surface area contributed by atoms with Crippen molar-refractivity contribution in [3.8, 4) is 11.5 Å². The van der Waals surface area contributed by atoms with Crippen molar-refractivity contribution in [1.82, 2.24) is 5.16 Å². The van der Waals surface area contributed by atoms with Crippen LogP contribution in [0.5, 0.6) is 11.5 Å². The first-order chi connectivity index (χ1) is 14.4. The topological polar surface area (TPSA) is 113 Å². The van der Waals surface area contributed by atoms with Crippen LogP contribution in [0.1, 0.15) is 22.9 Å².